The average molecular weight is 314 g/mol. The smallest absolute Gasteiger partial charge is 0.244 e. The molecule has 3 nitrogen and oxygen atoms in total. The van der Waals surface area contributed by atoms with Crippen molar-refractivity contribution in [2.75, 3.05) is 0 Å². The van der Waals surface area contributed by atoms with Crippen molar-refractivity contribution in [3.05, 3.63) is 39.9 Å². The minimum atomic E-state index is -0.448. The molecule has 1 aliphatic carbocycles. The minimum Gasteiger partial charge on any atom is -0.391 e. The third-order valence-electron chi connectivity index (χ3n) is 3.45. The molecule has 2 atom stereocenters. The van der Waals surface area contributed by atoms with Gasteiger partial charge in [0.2, 0.25) is 5.91 Å². The van der Waals surface area contributed by atoms with E-state index in [4.69, 9.17) is 23.2 Å². The molecule has 2 N–H and O–H groups in total. The largest absolute Gasteiger partial charge is 0.391 e. The van der Waals surface area contributed by atoms with Crippen LogP contribution in [-0.2, 0) is 4.79 Å². The zero-order valence-corrected chi connectivity index (χ0v) is 12.5. The van der Waals surface area contributed by atoms with Crippen LogP contribution in [0, 0.1) is 0 Å². The van der Waals surface area contributed by atoms with Crippen molar-refractivity contribution in [2.24, 2.45) is 0 Å². The lowest BCUT2D eigenvalue weighted by Crippen LogP contribution is -2.44. The molecule has 0 saturated heterocycles. The fourth-order valence-corrected chi connectivity index (χ4v) is 2.70. The highest BCUT2D eigenvalue weighted by molar-refractivity contribution is 6.42. The van der Waals surface area contributed by atoms with Crippen LogP contribution < -0.4 is 5.32 Å². The molecule has 0 bridgehead atoms. The second kappa shape index (κ2) is 7.11. The van der Waals surface area contributed by atoms with Gasteiger partial charge in [-0.15, -0.1) is 0 Å². The average Bonchev–Trinajstić information content (AvgIpc) is 2.43. The second-order valence-corrected chi connectivity index (χ2v) is 5.73. The Bertz CT molecular complexity index is 517. The van der Waals surface area contributed by atoms with Crippen LogP contribution in [0.5, 0.6) is 0 Å². The van der Waals surface area contributed by atoms with Gasteiger partial charge in [0.1, 0.15) is 0 Å². The first-order valence-corrected chi connectivity index (χ1v) is 7.44. The predicted molar refractivity (Wildman–Crippen MR) is 81.9 cm³/mol. The summed E-state index contributed by atoms with van der Waals surface area (Å²) >= 11 is 11.9. The van der Waals surface area contributed by atoms with E-state index >= 15 is 0 Å². The van der Waals surface area contributed by atoms with Crippen LogP contribution >= 0.6 is 23.2 Å². The van der Waals surface area contributed by atoms with Crippen molar-refractivity contribution in [1.29, 1.82) is 0 Å². The summed E-state index contributed by atoms with van der Waals surface area (Å²) in [6.07, 6.45) is 6.20. The summed E-state index contributed by atoms with van der Waals surface area (Å²) in [6.45, 7) is 0. The topological polar surface area (TPSA) is 49.3 Å². The summed E-state index contributed by atoms with van der Waals surface area (Å²) in [5.41, 5.74) is 0.693. The Balaban J connectivity index is 1.97. The van der Waals surface area contributed by atoms with E-state index in [0.29, 0.717) is 15.6 Å². The SMILES string of the molecule is O=C(C=Cc1cccc(Cl)c1Cl)NC1CCCCC1O. The second-order valence-electron chi connectivity index (χ2n) is 4.94. The maximum absolute atomic E-state index is 11.8. The minimum absolute atomic E-state index is 0.157. The number of benzene rings is 1. The van der Waals surface area contributed by atoms with Gasteiger partial charge < -0.3 is 10.4 Å². The van der Waals surface area contributed by atoms with Gasteiger partial charge in [-0.05, 0) is 30.5 Å². The van der Waals surface area contributed by atoms with E-state index in [2.05, 4.69) is 5.32 Å². The van der Waals surface area contributed by atoms with Crippen molar-refractivity contribution in [2.45, 2.75) is 37.8 Å². The Morgan fingerprint density at radius 2 is 2.05 bits per heavy atom. The van der Waals surface area contributed by atoms with Crippen LogP contribution in [-0.4, -0.2) is 23.2 Å². The summed E-state index contributed by atoms with van der Waals surface area (Å²) in [4.78, 5) is 11.8. The highest BCUT2D eigenvalue weighted by atomic mass is 35.5. The first kappa shape index (κ1) is 15.4. The zero-order valence-electron chi connectivity index (χ0n) is 11.0. The number of hydrogen-bond acceptors (Lipinski definition) is 2. The molecule has 1 saturated carbocycles. The molecule has 108 valence electrons. The van der Waals surface area contributed by atoms with Gasteiger partial charge in [-0.3, -0.25) is 4.79 Å². The molecule has 1 aliphatic rings. The van der Waals surface area contributed by atoms with E-state index < -0.39 is 6.10 Å². The highest BCUT2D eigenvalue weighted by Gasteiger charge is 2.23. The first-order valence-electron chi connectivity index (χ1n) is 6.68. The molecule has 1 amide bonds. The Kier molecular flexibility index (Phi) is 5.46. The number of amides is 1. The van der Waals surface area contributed by atoms with Crippen molar-refractivity contribution in [1.82, 2.24) is 5.32 Å². The molecule has 0 radical (unpaired) electrons. The summed E-state index contributed by atoms with van der Waals surface area (Å²) in [5, 5.41) is 13.5. The van der Waals surface area contributed by atoms with E-state index in [1.54, 1.807) is 24.3 Å². The van der Waals surface area contributed by atoms with E-state index in [0.717, 1.165) is 25.7 Å². The lowest BCUT2D eigenvalue weighted by Gasteiger charge is -2.27. The van der Waals surface area contributed by atoms with Crippen molar-refractivity contribution in [3.8, 4) is 0 Å². The third-order valence-corrected chi connectivity index (χ3v) is 4.29. The van der Waals surface area contributed by atoms with Gasteiger partial charge in [0.25, 0.3) is 0 Å². The molecule has 20 heavy (non-hydrogen) atoms. The van der Waals surface area contributed by atoms with Crippen LogP contribution in [0.4, 0.5) is 0 Å². The van der Waals surface area contributed by atoms with Gasteiger partial charge >= 0.3 is 0 Å². The quantitative estimate of drug-likeness (QED) is 0.840. The van der Waals surface area contributed by atoms with Crippen molar-refractivity contribution in [3.63, 3.8) is 0 Å². The van der Waals surface area contributed by atoms with Gasteiger partial charge in [0.05, 0.1) is 22.2 Å². The summed E-state index contributed by atoms with van der Waals surface area (Å²) in [6, 6.07) is 5.10. The molecule has 2 rings (SSSR count). The molecule has 5 heteroatoms. The van der Waals surface area contributed by atoms with Gasteiger partial charge in [0, 0.05) is 6.08 Å². The van der Waals surface area contributed by atoms with Crippen molar-refractivity contribution < 1.29 is 9.90 Å². The molecule has 1 aromatic rings. The first-order chi connectivity index (χ1) is 9.58. The zero-order chi connectivity index (χ0) is 14.5. The molecule has 0 heterocycles. The van der Waals surface area contributed by atoms with Crippen molar-refractivity contribution >= 4 is 35.2 Å². The predicted octanol–water partition coefficient (Wildman–Crippen LogP) is 3.43. The number of halogens is 2. The molecule has 1 fully saturated rings. The van der Waals surface area contributed by atoms with E-state index in [1.165, 1.54) is 6.08 Å². The Morgan fingerprint density at radius 1 is 1.30 bits per heavy atom. The van der Waals surface area contributed by atoms with Gasteiger partial charge in [-0.25, -0.2) is 0 Å². The van der Waals surface area contributed by atoms with Crippen LogP contribution in [0.1, 0.15) is 31.2 Å². The molecule has 0 aromatic heterocycles. The highest BCUT2D eigenvalue weighted by Crippen LogP contribution is 2.26. The number of carbonyl (C=O) groups is 1. The number of carbonyl (C=O) groups excluding carboxylic acids is 1. The van der Waals surface area contributed by atoms with Gasteiger partial charge in [-0.2, -0.15) is 0 Å². The van der Waals surface area contributed by atoms with Crippen LogP contribution in [0.3, 0.4) is 0 Å². The van der Waals surface area contributed by atoms with E-state index in [1.807, 2.05) is 0 Å². The van der Waals surface area contributed by atoms with Gasteiger partial charge in [0.15, 0.2) is 0 Å². The maximum atomic E-state index is 11.8. The molecule has 0 aliphatic heterocycles. The maximum Gasteiger partial charge on any atom is 0.244 e. The molecule has 2 unspecified atom stereocenters. The Hall–Kier alpha value is -1.03. The standard InChI is InChI=1S/C15H17Cl2NO2/c16-11-5-3-4-10(15(11)17)8-9-14(20)18-12-6-1-2-7-13(12)19/h3-5,8-9,12-13,19H,1-2,6-7H2,(H,18,20). The summed E-state index contributed by atoms with van der Waals surface area (Å²) in [7, 11) is 0. The Morgan fingerprint density at radius 3 is 2.80 bits per heavy atom. The van der Waals surface area contributed by atoms with E-state index in [9.17, 15) is 9.90 Å². The molecular formula is C15H17Cl2NO2. The van der Waals surface area contributed by atoms with Gasteiger partial charge in [-0.1, -0.05) is 48.2 Å². The lowest BCUT2D eigenvalue weighted by atomic mass is 9.92. The number of aliphatic hydroxyl groups excluding tert-OH is 1. The lowest BCUT2D eigenvalue weighted by molar-refractivity contribution is -0.118. The van der Waals surface area contributed by atoms with Crippen LogP contribution in [0.2, 0.25) is 10.0 Å². The number of rotatable bonds is 3. The summed E-state index contributed by atoms with van der Waals surface area (Å²) in [5.74, 6) is -0.230. The van der Waals surface area contributed by atoms with E-state index in [-0.39, 0.29) is 11.9 Å². The third kappa shape index (κ3) is 3.98. The fourth-order valence-electron chi connectivity index (χ4n) is 2.33. The Labute approximate surface area is 128 Å². The fraction of sp³-hybridized carbons (Fsp3) is 0.400. The molecule has 0 spiro atoms. The molecule has 1 aromatic carbocycles. The summed E-state index contributed by atoms with van der Waals surface area (Å²) < 4.78 is 0. The normalized spacial score (nSPS) is 22.9. The number of hydrogen-bond donors (Lipinski definition) is 2. The number of aliphatic hydroxyl groups is 1. The van der Waals surface area contributed by atoms with Crippen LogP contribution in [0.15, 0.2) is 24.3 Å². The molecular weight excluding hydrogens is 297 g/mol. The monoisotopic (exact) mass is 313 g/mol. The van der Waals surface area contributed by atoms with Crippen LogP contribution in [0.25, 0.3) is 6.08 Å². The number of nitrogens with one attached hydrogen (secondary N) is 1.